The summed E-state index contributed by atoms with van der Waals surface area (Å²) >= 11 is 6.34. The molecule has 10 nitrogen and oxygen atoms in total. The van der Waals surface area contributed by atoms with E-state index in [2.05, 4.69) is 15.6 Å². The molecule has 2 N–H and O–H groups in total. The second kappa shape index (κ2) is 13.6. The first-order valence-electron chi connectivity index (χ1n) is 14.9. The zero-order valence-electron chi connectivity index (χ0n) is 25.1. The summed E-state index contributed by atoms with van der Waals surface area (Å²) in [5.74, 6) is -0.454. The van der Waals surface area contributed by atoms with Gasteiger partial charge in [0.05, 0.1) is 23.7 Å². The lowest BCUT2D eigenvalue weighted by molar-refractivity contribution is -0.125. The number of piperidine rings is 1. The van der Waals surface area contributed by atoms with Crippen LogP contribution in [0.5, 0.6) is 17.2 Å². The number of hydrogen-bond acceptors (Lipinski definition) is 7. The summed E-state index contributed by atoms with van der Waals surface area (Å²) in [5.41, 5.74) is 2.09. The van der Waals surface area contributed by atoms with Gasteiger partial charge in [0.2, 0.25) is 5.91 Å². The highest BCUT2D eigenvalue weighted by Crippen LogP contribution is 2.29. The fourth-order valence-electron chi connectivity index (χ4n) is 5.68. The number of benzene rings is 3. The predicted molar refractivity (Wildman–Crippen MR) is 169 cm³/mol. The van der Waals surface area contributed by atoms with Crippen molar-refractivity contribution >= 4 is 40.2 Å². The molecule has 1 saturated heterocycles. The van der Waals surface area contributed by atoms with Gasteiger partial charge in [0.25, 0.3) is 11.8 Å². The quantitative estimate of drug-likeness (QED) is 0.330. The van der Waals surface area contributed by atoms with E-state index in [9.17, 15) is 18.8 Å². The van der Waals surface area contributed by atoms with E-state index < -0.39 is 23.9 Å². The molecule has 1 fully saturated rings. The summed E-state index contributed by atoms with van der Waals surface area (Å²) < 4.78 is 32.1. The average Bonchev–Trinajstić information content (AvgIpc) is 3.05. The van der Waals surface area contributed by atoms with Crippen molar-refractivity contribution in [1.29, 1.82) is 0 Å². The molecule has 3 amide bonds. The highest BCUT2D eigenvalue weighted by molar-refractivity contribution is 6.35. The number of para-hydroxylation sites is 1. The van der Waals surface area contributed by atoms with E-state index in [0.717, 1.165) is 10.9 Å². The standard InChI is InChI=1S/C34H32ClFN4O6/c1-44-29-9-5-20-6-10-31(41)37-17-21-13-23(36)16-24(14-21)46-28-11-12-40(18-27(28)38-32(42)19-45-30(29)15-20)34(43)26-8-7-22-3-2-4-25(35)33(22)39-26/h2-5,7-9,13-16,27-28H,6,10-12,17-19H2,1H3,(H,37,41)(H,38,42)/t27-,28-/m1/s1. The van der Waals surface area contributed by atoms with Crippen molar-refractivity contribution in [2.24, 2.45) is 0 Å². The van der Waals surface area contributed by atoms with Crippen molar-refractivity contribution < 1.29 is 33.0 Å². The van der Waals surface area contributed by atoms with Crippen molar-refractivity contribution in [3.8, 4) is 17.2 Å². The molecule has 0 aliphatic carbocycles. The van der Waals surface area contributed by atoms with Crippen LogP contribution in [0.15, 0.2) is 66.7 Å². The lowest BCUT2D eigenvalue weighted by Crippen LogP contribution is -2.58. The second-order valence-electron chi connectivity index (χ2n) is 11.2. The molecule has 4 bridgehead atoms. The van der Waals surface area contributed by atoms with Gasteiger partial charge in [0.1, 0.15) is 23.4 Å². The van der Waals surface area contributed by atoms with Crippen LogP contribution in [0.1, 0.15) is 34.5 Å². The van der Waals surface area contributed by atoms with Gasteiger partial charge in [-0.1, -0.05) is 35.9 Å². The number of nitrogens with one attached hydrogen (secondary N) is 2. The number of rotatable bonds is 2. The Balaban J connectivity index is 1.27. The molecule has 2 aliphatic heterocycles. The van der Waals surface area contributed by atoms with Crippen LogP contribution >= 0.6 is 11.6 Å². The Morgan fingerprint density at radius 1 is 1.04 bits per heavy atom. The summed E-state index contributed by atoms with van der Waals surface area (Å²) in [7, 11) is 1.50. The molecule has 2 atom stereocenters. The molecule has 0 spiro atoms. The number of likely N-dealkylation sites (tertiary alicyclic amines) is 1. The Labute approximate surface area is 269 Å². The number of methoxy groups -OCH3 is 1. The van der Waals surface area contributed by atoms with E-state index >= 15 is 0 Å². The Morgan fingerprint density at radius 2 is 1.91 bits per heavy atom. The largest absolute Gasteiger partial charge is 0.493 e. The number of aromatic nitrogens is 1. The van der Waals surface area contributed by atoms with E-state index in [1.54, 1.807) is 41.3 Å². The van der Waals surface area contributed by atoms with Crippen LogP contribution in [0.2, 0.25) is 5.02 Å². The molecular weight excluding hydrogens is 615 g/mol. The molecule has 0 saturated carbocycles. The third-order valence-electron chi connectivity index (χ3n) is 8.01. The predicted octanol–water partition coefficient (Wildman–Crippen LogP) is 4.46. The third-order valence-corrected chi connectivity index (χ3v) is 8.31. The van der Waals surface area contributed by atoms with E-state index in [4.69, 9.17) is 25.8 Å². The summed E-state index contributed by atoms with van der Waals surface area (Å²) in [6, 6.07) is 17.7. The lowest BCUT2D eigenvalue weighted by Gasteiger charge is -2.38. The first-order valence-corrected chi connectivity index (χ1v) is 15.3. The fraction of sp³-hybridized carbons (Fsp3) is 0.294. The van der Waals surface area contributed by atoms with Gasteiger partial charge in [-0.3, -0.25) is 14.4 Å². The van der Waals surface area contributed by atoms with Crippen LogP contribution in [0.3, 0.4) is 0 Å². The Bertz CT molecular complexity index is 1800. The number of halogens is 2. The minimum absolute atomic E-state index is 0.106. The smallest absolute Gasteiger partial charge is 0.272 e. The summed E-state index contributed by atoms with van der Waals surface area (Å²) in [6.07, 6.45) is 0.352. The first kappa shape index (κ1) is 31.1. The molecule has 6 rings (SSSR count). The highest BCUT2D eigenvalue weighted by atomic mass is 35.5. The molecule has 0 unspecified atom stereocenters. The minimum atomic E-state index is -0.670. The van der Waals surface area contributed by atoms with Gasteiger partial charge in [0.15, 0.2) is 18.1 Å². The number of aryl methyl sites for hydroxylation is 1. The molecule has 2 aliphatic rings. The SMILES string of the molecule is COc1ccc2cc1OCC(=O)N[C@@H]1CN(C(=O)c3ccc4cccc(Cl)c4n3)CC[C@H]1Oc1cc(F)cc(c1)CNC(=O)CC2. The molecule has 4 aromatic rings. The topological polar surface area (TPSA) is 119 Å². The summed E-state index contributed by atoms with van der Waals surface area (Å²) in [6.45, 7) is 0.178. The van der Waals surface area contributed by atoms with Gasteiger partial charge in [-0.15, -0.1) is 0 Å². The zero-order valence-corrected chi connectivity index (χ0v) is 25.8. The number of pyridine rings is 1. The van der Waals surface area contributed by atoms with Crippen molar-refractivity contribution in [2.75, 3.05) is 26.8 Å². The van der Waals surface area contributed by atoms with Crippen LogP contribution in [-0.2, 0) is 22.6 Å². The molecule has 3 heterocycles. The fourth-order valence-corrected chi connectivity index (χ4v) is 5.90. The maximum atomic E-state index is 14.6. The van der Waals surface area contributed by atoms with Gasteiger partial charge in [-0.05, 0) is 53.9 Å². The maximum Gasteiger partial charge on any atom is 0.272 e. The summed E-state index contributed by atoms with van der Waals surface area (Å²) in [4.78, 5) is 45.6. The average molecular weight is 647 g/mol. The molecule has 1 aromatic heterocycles. The van der Waals surface area contributed by atoms with E-state index in [1.807, 2.05) is 18.2 Å². The monoisotopic (exact) mass is 646 g/mol. The van der Waals surface area contributed by atoms with Crippen LogP contribution in [0, 0.1) is 5.82 Å². The number of fused-ring (bicyclic) bond motifs is 6. The number of amides is 3. The molecule has 0 radical (unpaired) electrons. The van der Waals surface area contributed by atoms with Gasteiger partial charge in [-0.25, -0.2) is 9.37 Å². The Hall–Kier alpha value is -4.90. The number of nitrogens with zero attached hydrogens (tertiary/aromatic N) is 2. The normalized spacial score (nSPS) is 19.0. The van der Waals surface area contributed by atoms with Crippen molar-refractivity contribution in [1.82, 2.24) is 20.5 Å². The summed E-state index contributed by atoms with van der Waals surface area (Å²) in [5, 5.41) is 7.03. The van der Waals surface area contributed by atoms with Crippen molar-refractivity contribution in [2.45, 2.75) is 38.0 Å². The van der Waals surface area contributed by atoms with Crippen molar-refractivity contribution in [3.63, 3.8) is 0 Å². The van der Waals surface area contributed by atoms with Crippen LogP contribution in [-0.4, -0.2) is 66.6 Å². The number of hydrogen-bond donors (Lipinski definition) is 2. The van der Waals surface area contributed by atoms with Crippen LogP contribution < -0.4 is 24.8 Å². The number of ether oxygens (including phenoxy) is 3. The Morgan fingerprint density at radius 3 is 2.76 bits per heavy atom. The Kier molecular flexibility index (Phi) is 9.20. The van der Waals surface area contributed by atoms with E-state index in [0.29, 0.717) is 47.0 Å². The molecule has 3 aromatic carbocycles. The molecular formula is C34H32ClFN4O6. The first-order chi connectivity index (χ1) is 22.2. The van der Waals surface area contributed by atoms with Gasteiger partial charge in [-0.2, -0.15) is 0 Å². The van der Waals surface area contributed by atoms with E-state index in [1.165, 1.54) is 19.2 Å². The van der Waals surface area contributed by atoms with Crippen molar-refractivity contribution in [3.05, 3.63) is 94.4 Å². The number of carbonyl (C=O) groups excluding carboxylic acids is 3. The van der Waals surface area contributed by atoms with Gasteiger partial charge >= 0.3 is 0 Å². The number of carbonyl (C=O) groups is 3. The van der Waals surface area contributed by atoms with Gasteiger partial charge in [0, 0.05) is 43.9 Å². The van der Waals surface area contributed by atoms with Crippen LogP contribution in [0.25, 0.3) is 10.9 Å². The molecule has 46 heavy (non-hydrogen) atoms. The van der Waals surface area contributed by atoms with Gasteiger partial charge < -0.3 is 29.7 Å². The van der Waals surface area contributed by atoms with Crippen LogP contribution in [0.4, 0.5) is 4.39 Å². The maximum absolute atomic E-state index is 14.6. The molecule has 238 valence electrons. The second-order valence-corrected chi connectivity index (χ2v) is 11.6. The zero-order chi connectivity index (χ0) is 32.2. The third kappa shape index (κ3) is 7.15. The highest BCUT2D eigenvalue weighted by Gasteiger charge is 2.35. The molecule has 12 heteroatoms. The minimum Gasteiger partial charge on any atom is -0.493 e. The lowest BCUT2D eigenvalue weighted by atomic mass is 10.0. The van der Waals surface area contributed by atoms with E-state index in [-0.39, 0.29) is 49.4 Å².